The third-order valence-electron chi connectivity index (χ3n) is 5.12. The molecule has 4 aromatic rings. The number of hydrogen-bond acceptors (Lipinski definition) is 5. The quantitative estimate of drug-likeness (QED) is 0.511. The summed E-state index contributed by atoms with van der Waals surface area (Å²) in [5.41, 5.74) is 0.994. The van der Waals surface area contributed by atoms with Crippen LogP contribution in [-0.4, -0.2) is 32.8 Å². The van der Waals surface area contributed by atoms with E-state index in [0.717, 1.165) is 41.6 Å². The molecule has 30 heavy (non-hydrogen) atoms. The van der Waals surface area contributed by atoms with E-state index in [4.69, 9.17) is 4.42 Å². The molecule has 0 unspecified atom stereocenters. The third kappa shape index (κ3) is 3.63. The number of aryl methyl sites for hydroxylation is 1. The van der Waals surface area contributed by atoms with Gasteiger partial charge >= 0.3 is 5.69 Å². The van der Waals surface area contributed by atoms with Gasteiger partial charge in [0.25, 0.3) is 11.5 Å². The molecule has 0 fully saturated rings. The summed E-state index contributed by atoms with van der Waals surface area (Å²) in [5.74, 6) is 0.616. The molecule has 2 N–H and O–H groups in total. The Balaban J connectivity index is 1.66. The van der Waals surface area contributed by atoms with E-state index in [1.165, 1.54) is 12.3 Å². The van der Waals surface area contributed by atoms with Gasteiger partial charge < -0.3 is 9.32 Å². The second-order valence-corrected chi connectivity index (χ2v) is 7.29. The van der Waals surface area contributed by atoms with Crippen LogP contribution in [0, 0.1) is 0 Å². The molecule has 154 valence electrons. The van der Waals surface area contributed by atoms with Crippen molar-refractivity contribution in [1.82, 2.24) is 19.9 Å². The van der Waals surface area contributed by atoms with Crippen molar-refractivity contribution in [3.8, 4) is 0 Å². The van der Waals surface area contributed by atoms with Crippen LogP contribution in [0.2, 0.25) is 0 Å². The van der Waals surface area contributed by atoms with Crippen molar-refractivity contribution in [2.45, 2.75) is 32.7 Å². The molecule has 3 heterocycles. The first kappa shape index (κ1) is 19.6. The Morgan fingerprint density at radius 3 is 2.77 bits per heavy atom. The molecule has 0 saturated heterocycles. The number of nitrogens with zero attached hydrogens (tertiary/aromatic N) is 2. The van der Waals surface area contributed by atoms with E-state index < -0.39 is 11.2 Å². The number of H-pyrrole nitrogens is 2. The molecule has 0 atom stereocenters. The molecule has 0 aliphatic heterocycles. The fourth-order valence-electron chi connectivity index (χ4n) is 3.56. The maximum atomic E-state index is 13.0. The van der Waals surface area contributed by atoms with Crippen LogP contribution in [0.4, 0.5) is 0 Å². The monoisotopic (exact) mass is 406 g/mol. The lowest BCUT2D eigenvalue weighted by molar-refractivity contribution is 0.0785. The molecule has 0 aliphatic carbocycles. The van der Waals surface area contributed by atoms with E-state index in [1.807, 2.05) is 24.3 Å². The normalized spacial score (nSPS) is 11.3. The predicted molar refractivity (Wildman–Crippen MR) is 114 cm³/mol. The van der Waals surface area contributed by atoms with Gasteiger partial charge in [0, 0.05) is 37.2 Å². The number of aromatic amines is 2. The molecule has 1 aromatic carbocycles. The summed E-state index contributed by atoms with van der Waals surface area (Å²) in [5, 5.41) is 1.15. The van der Waals surface area contributed by atoms with Crippen LogP contribution in [0.25, 0.3) is 22.0 Å². The van der Waals surface area contributed by atoms with Gasteiger partial charge in [0.05, 0.1) is 10.9 Å². The molecular formula is C22H22N4O4. The minimum atomic E-state index is -0.636. The highest BCUT2D eigenvalue weighted by Crippen LogP contribution is 2.28. The van der Waals surface area contributed by atoms with Crippen LogP contribution in [0.1, 0.15) is 41.4 Å². The highest BCUT2D eigenvalue weighted by molar-refractivity contribution is 5.96. The SMILES string of the molecule is CCCCc1oc2ccccc2c1CN(C)C(=O)c1cnc2[nH]c(=O)[nH]c(=O)c2c1. The van der Waals surface area contributed by atoms with Crippen LogP contribution < -0.4 is 11.2 Å². The third-order valence-corrected chi connectivity index (χ3v) is 5.12. The van der Waals surface area contributed by atoms with Crippen LogP contribution >= 0.6 is 0 Å². The lowest BCUT2D eigenvalue weighted by Gasteiger charge is -2.17. The van der Waals surface area contributed by atoms with E-state index in [-0.39, 0.29) is 22.5 Å². The number of carbonyl (C=O) groups is 1. The van der Waals surface area contributed by atoms with E-state index in [1.54, 1.807) is 11.9 Å². The van der Waals surface area contributed by atoms with Gasteiger partial charge in [-0.25, -0.2) is 9.78 Å². The van der Waals surface area contributed by atoms with Crippen molar-refractivity contribution in [1.29, 1.82) is 0 Å². The van der Waals surface area contributed by atoms with E-state index in [9.17, 15) is 14.4 Å². The number of furan rings is 1. The highest BCUT2D eigenvalue weighted by atomic mass is 16.3. The second kappa shape index (κ2) is 7.98. The Kier molecular flexibility index (Phi) is 5.22. The summed E-state index contributed by atoms with van der Waals surface area (Å²) in [6, 6.07) is 9.25. The number of amides is 1. The van der Waals surface area contributed by atoms with Crippen LogP contribution in [0.5, 0.6) is 0 Å². The molecule has 8 nitrogen and oxygen atoms in total. The second-order valence-electron chi connectivity index (χ2n) is 7.29. The van der Waals surface area contributed by atoms with Gasteiger partial charge in [-0.1, -0.05) is 31.5 Å². The van der Waals surface area contributed by atoms with Crippen LogP contribution in [-0.2, 0) is 13.0 Å². The zero-order chi connectivity index (χ0) is 21.3. The lowest BCUT2D eigenvalue weighted by atomic mass is 10.1. The van der Waals surface area contributed by atoms with Crippen molar-refractivity contribution >= 4 is 27.9 Å². The molecule has 4 rings (SSSR count). The number of pyridine rings is 1. The number of para-hydroxylation sites is 1. The lowest BCUT2D eigenvalue weighted by Crippen LogP contribution is -2.27. The zero-order valence-electron chi connectivity index (χ0n) is 16.8. The summed E-state index contributed by atoms with van der Waals surface area (Å²) in [6.07, 6.45) is 4.22. The van der Waals surface area contributed by atoms with Crippen molar-refractivity contribution < 1.29 is 9.21 Å². The number of nitrogens with one attached hydrogen (secondary N) is 2. The molecule has 8 heteroatoms. The van der Waals surface area contributed by atoms with E-state index in [2.05, 4.69) is 21.9 Å². The highest BCUT2D eigenvalue weighted by Gasteiger charge is 2.20. The van der Waals surface area contributed by atoms with E-state index in [0.29, 0.717) is 6.54 Å². The fourth-order valence-corrected chi connectivity index (χ4v) is 3.56. The first-order valence-electron chi connectivity index (χ1n) is 9.85. The standard InChI is InChI=1S/C22H22N4O4/c1-3-4-8-18-16(14-7-5-6-9-17(14)30-18)12-26(2)21(28)13-10-15-19(23-11-13)24-22(29)25-20(15)27/h5-7,9-11H,3-4,8,12H2,1-2H3,(H2,23,24,25,27,29). The number of fused-ring (bicyclic) bond motifs is 2. The molecule has 0 bridgehead atoms. The van der Waals surface area contributed by atoms with Crippen molar-refractivity contribution in [3.05, 3.63) is 74.3 Å². The van der Waals surface area contributed by atoms with Crippen molar-refractivity contribution in [2.75, 3.05) is 7.05 Å². The Bertz CT molecular complexity index is 1350. The summed E-state index contributed by atoms with van der Waals surface area (Å²) in [6.45, 7) is 2.49. The molecule has 0 radical (unpaired) electrons. The zero-order valence-corrected chi connectivity index (χ0v) is 16.8. The Hall–Kier alpha value is -3.68. The maximum absolute atomic E-state index is 13.0. The smallest absolute Gasteiger partial charge is 0.327 e. The van der Waals surface area contributed by atoms with Crippen molar-refractivity contribution in [2.24, 2.45) is 0 Å². The average Bonchev–Trinajstić information content (AvgIpc) is 3.08. The Morgan fingerprint density at radius 1 is 1.17 bits per heavy atom. The van der Waals surface area contributed by atoms with Crippen LogP contribution in [0.3, 0.4) is 0 Å². The number of carbonyl (C=O) groups excluding carboxylic acids is 1. The molecule has 1 amide bonds. The average molecular weight is 406 g/mol. The number of aromatic nitrogens is 3. The molecule has 3 aromatic heterocycles. The van der Waals surface area contributed by atoms with Gasteiger partial charge in [-0.15, -0.1) is 0 Å². The predicted octanol–water partition coefficient (Wildman–Crippen LogP) is 2.97. The molecular weight excluding hydrogens is 384 g/mol. The topological polar surface area (TPSA) is 112 Å². The summed E-state index contributed by atoms with van der Waals surface area (Å²) in [4.78, 5) is 46.7. The number of unbranched alkanes of at least 4 members (excludes halogenated alkanes) is 1. The molecule has 0 spiro atoms. The largest absolute Gasteiger partial charge is 0.461 e. The fraction of sp³-hybridized carbons (Fsp3) is 0.273. The number of rotatable bonds is 6. The van der Waals surface area contributed by atoms with Gasteiger partial charge in [-0.05, 0) is 18.6 Å². The first-order chi connectivity index (χ1) is 14.5. The summed E-state index contributed by atoms with van der Waals surface area (Å²) < 4.78 is 6.04. The van der Waals surface area contributed by atoms with Gasteiger partial charge in [0.2, 0.25) is 0 Å². The maximum Gasteiger partial charge on any atom is 0.327 e. The van der Waals surface area contributed by atoms with Gasteiger partial charge in [0.15, 0.2) is 0 Å². The molecule has 0 aliphatic rings. The Morgan fingerprint density at radius 2 is 1.97 bits per heavy atom. The summed E-state index contributed by atoms with van der Waals surface area (Å²) in [7, 11) is 1.70. The summed E-state index contributed by atoms with van der Waals surface area (Å²) >= 11 is 0. The Labute approximate surface area is 171 Å². The number of hydrogen-bond donors (Lipinski definition) is 2. The minimum absolute atomic E-state index is 0.144. The van der Waals surface area contributed by atoms with Gasteiger partial charge in [0.1, 0.15) is 17.0 Å². The van der Waals surface area contributed by atoms with E-state index >= 15 is 0 Å². The molecule has 0 saturated carbocycles. The minimum Gasteiger partial charge on any atom is -0.461 e. The van der Waals surface area contributed by atoms with Crippen LogP contribution in [0.15, 0.2) is 50.5 Å². The number of benzene rings is 1. The van der Waals surface area contributed by atoms with Crippen molar-refractivity contribution in [3.63, 3.8) is 0 Å². The van der Waals surface area contributed by atoms with Gasteiger partial charge in [-0.3, -0.25) is 19.6 Å². The van der Waals surface area contributed by atoms with Gasteiger partial charge in [-0.2, -0.15) is 0 Å². The first-order valence-corrected chi connectivity index (χ1v) is 9.85.